The van der Waals surface area contributed by atoms with Crippen LogP contribution < -0.4 is 10.2 Å². The van der Waals surface area contributed by atoms with Crippen molar-refractivity contribution in [3.05, 3.63) is 29.3 Å². The summed E-state index contributed by atoms with van der Waals surface area (Å²) < 4.78 is 5.45. The molecule has 0 spiro atoms. The Kier molecular flexibility index (Phi) is 2.74. The van der Waals surface area contributed by atoms with Gasteiger partial charge in [0.25, 0.3) is 0 Å². The zero-order valence-electron chi connectivity index (χ0n) is 10.8. The molecule has 2 heterocycles. The molecule has 0 radical (unpaired) electrons. The molecule has 0 aromatic heterocycles. The van der Waals surface area contributed by atoms with Crippen LogP contribution in [0.15, 0.2) is 18.2 Å². The molecule has 2 fully saturated rings. The first-order valence-electron chi connectivity index (χ1n) is 6.45. The Morgan fingerprint density at radius 1 is 1.39 bits per heavy atom. The maximum absolute atomic E-state index is 12.1. The van der Waals surface area contributed by atoms with Crippen LogP contribution in [0, 0.1) is 13.8 Å². The van der Waals surface area contributed by atoms with Crippen molar-refractivity contribution >= 4 is 11.8 Å². The number of ether oxygens (including phenoxy) is 1. The number of hydrogen-bond acceptors (Lipinski definition) is 3. The van der Waals surface area contributed by atoms with Gasteiger partial charge in [-0.25, -0.2) is 4.79 Å². The van der Waals surface area contributed by atoms with Gasteiger partial charge in [-0.05, 0) is 44.0 Å². The lowest BCUT2D eigenvalue weighted by molar-refractivity contribution is 0.121. The van der Waals surface area contributed by atoms with Crippen molar-refractivity contribution < 1.29 is 9.53 Å². The highest BCUT2D eigenvalue weighted by molar-refractivity contribution is 5.92. The second-order valence-corrected chi connectivity index (χ2v) is 5.07. The number of piperidine rings is 1. The molecule has 4 nitrogen and oxygen atoms in total. The van der Waals surface area contributed by atoms with Crippen molar-refractivity contribution in [1.82, 2.24) is 5.32 Å². The molecule has 18 heavy (non-hydrogen) atoms. The number of nitrogens with one attached hydrogen (secondary N) is 1. The molecule has 3 rings (SSSR count). The Hall–Kier alpha value is -1.55. The molecular weight excluding hydrogens is 228 g/mol. The first-order valence-corrected chi connectivity index (χ1v) is 6.45. The van der Waals surface area contributed by atoms with E-state index in [1.165, 1.54) is 5.56 Å². The van der Waals surface area contributed by atoms with Gasteiger partial charge in [-0.2, -0.15) is 0 Å². The fourth-order valence-corrected chi connectivity index (χ4v) is 2.83. The van der Waals surface area contributed by atoms with Gasteiger partial charge in [0.1, 0.15) is 6.10 Å². The van der Waals surface area contributed by atoms with Crippen LogP contribution in [-0.2, 0) is 4.74 Å². The van der Waals surface area contributed by atoms with Gasteiger partial charge in [0.15, 0.2) is 0 Å². The minimum atomic E-state index is -0.206. The second-order valence-electron chi connectivity index (χ2n) is 5.07. The van der Waals surface area contributed by atoms with Gasteiger partial charge < -0.3 is 10.1 Å². The molecular formula is C14H18N2O2. The van der Waals surface area contributed by atoms with E-state index in [2.05, 4.69) is 25.2 Å². The highest BCUT2D eigenvalue weighted by Gasteiger charge is 2.44. The van der Waals surface area contributed by atoms with E-state index >= 15 is 0 Å². The Bertz CT molecular complexity index is 487. The predicted octanol–water partition coefficient (Wildman–Crippen LogP) is 1.99. The number of amides is 1. The fourth-order valence-electron chi connectivity index (χ4n) is 2.83. The molecule has 2 aliphatic heterocycles. The Morgan fingerprint density at radius 3 is 3.06 bits per heavy atom. The SMILES string of the molecule is Cc1cccc(N2C(=O)OC3CNCCC32)c1C. The molecule has 1 aromatic carbocycles. The molecule has 2 atom stereocenters. The van der Waals surface area contributed by atoms with Gasteiger partial charge >= 0.3 is 6.09 Å². The molecule has 0 saturated carbocycles. The van der Waals surface area contributed by atoms with E-state index in [1.54, 1.807) is 0 Å². The smallest absolute Gasteiger partial charge is 0.415 e. The molecule has 4 heteroatoms. The summed E-state index contributed by atoms with van der Waals surface area (Å²) in [5.41, 5.74) is 3.36. The molecule has 0 bridgehead atoms. The molecule has 1 amide bonds. The fraction of sp³-hybridized carbons (Fsp3) is 0.500. The van der Waals surface area contributed by atoms with E-state index in [1.807, 2.05) is 17.0 Å². The van der Waals surface area contributed by atoms with Crippen LogP contribution >= 0.6 is 0 Å². The van der Waals surface area contributed by atoms with E-state index in [0.29, 0.717) is 0 Å². The van der Waals surface area contributed by atoms with Gasteiger partial charge in [0.2, 0.25) is 0 Å². The van der Waals surface area contributed by atoms with Gasteiger partial charge in [-0.1, -0.05) is 12.1 Å². The zero-order chi connectivity index (χ0) is 12.7. The van der Waals surface area contributed by atoms with Crippen molar-refractivity contribution in [3.8, 4) is 0 Å². The molecule has 2 aliphatic rings. The normalized spacial score (nSPS) is 27.0. The van der Waals surface area contributed by atoms with E-state index in [9.17, 15) is 4.79 Å². The maximum atomic E-state index is 12.1. The summed E-state index contributed by atoms with van der Waals surface area (Å²) >= 11 is 0. The number of aryl methyl sites for hydroxylation is 1. The summed E-state index contributed by atoms with van der Waals surface area (Å²) in [5, 5.41) is 3.27. The van der Waals surface area contributed by atoms with E-state index in [4.69, 9.17) is 4.74 Å². The van der Waals surface area contributed by atoms with Gasteiger partial charge in [0, 0.05) is 6.54 Å². The number of anilines is 1. The lowest BCUT2D eigenvalue weighted by Crippen LogP contribution is -2.47. The molecule has 2 unspecified atom stereocenters. The van der Waals surface area contributed by atoms with Gasteiger partial charge in [0.05, 0.1) is 11.7 Å². The summed E-state index contributed by atoms with van der Waals surface area (Å²) in [4.78, 5) is 13.9. The standard InChI is InChI=1S/C14H18N2O2/c1-9-4-3-5-11(10(9)2)16-12-6-7-15-8-13(12)18-14(16)17/h3-5,12-13,15H,6-8H2,1-2H3. The summed E-state index contributed by atoms with van der Waals surface area (Å²) in [6, 6.07) is 6.26. The van der Waals surface area contributed by atoms with E-state index < -0.39 is 0 Å². The van der Waals surface area contributed by atoms with Crippen LogP contribution in [0.1, 0.15) is 17.5 Å². The molecule has 96 valence electrons. The Balaban J connectivity index is 1.99. The maximum Gasteiger partial charge on any atom is 0.415 e. The lowest BCUT2D eigenvalue weighted by Gasteiger charge is -2.29. The first-order chi connectivity index (χ1) is 8.68. The number of benzene rings is 1. The lowest BCUT2D eigenvalue weighted by atomic mass is 10.0. The van der Waals surface area contributed by atoms with Crippen LogP contribution in [0.5, 0.6) is 0 Å². The third kappa shape index (κ3) is 1.68. The minimum Gasteiger partial charge on any atom is -0.442 e. The van der Waals surface area contributed by atoms with Crippen LogP contribution in [0.25, 0.3) is 0 Å². The predicted molar refractivity (Wildman–Crippen MR) is 69.9 cm³/mol. The number of nitrogens with zero attached hydrogens (tertiary/aromatic N) is 1. The highest BCUT2D eigenvalue weighted by Crippen LogP contribution is 2.33. The number of fused-ring (bicyclic) bond motifs is 1. The number of rotatable bonds is 1. The third-order valence-corrected chi connectivity index (χ3v) is 4.01. The second kappa shape index (κ2) is 4.28. The van der Waals surface area contributed by atoms with Crippen molar-refractivity contribution in [3.63, 3.8) is 0 Å². The monoisotopic (exact) mass is 246 g/mol. The molecule has 1 N–H and O–H groups in total. The largest absolute Gasteiger partial charge is 0.442 e. The van der Waals surface area contributed by atoms with Crippen LogP contribution in [0.4, 0.5) is 10.5 Å². The van der Waals surface area contributed by atoms with Gasteiger partial charge in [-0.15, -0.1) is 0 Å². The number of carbonyl (C=O) groups excluding carboxylic acids is 1. The van der Waals surface area contributed by atoms with Crippen molar-refractivity contribution in [1.29, 1.82) is 0 Å². The highest BCUT2D eigenvalue weighted by atomic mass is 16.6. The first kappa shape index (κ1) is 11.5. The van der Waals surface area contributed by atoms with E-state index in [-0.39, 0.29) is 18.2 Å². The Morgan fingerprint density at radius 2 is 2.22 bits per heavy atom. The quantitative estimate of drug-likeness (QED) is 0.824. The Labute approximate surface area is 107 Å². The summed E-state index contributed by atoms with van der Waals surface area (Å²) in [6.45, 7) is 5.84. The summed E-state index contributed by atoms with van der Waals surface area (Å²) in [6.07, 6.45) is 0.734. The molecule has 0 aliphatic carbocycles. The van der Waals surface area contributed by atoms with Crippen molar-refractivity contribution in [2.45, 2.75) is 32.4 Å². The minimum absolute atomic E-state index is 0.00818. The summed E-state index contributed by atoms with van der Waals surface area (Å²) in [7, 11) is 0. The van der Waals surface area contributed by atoms with Crippen molar-refractivity contribution in [2.24, 2.45) is 0 Å². The zero-order valence-corrected chi connectivity index (χ0v) is 10.8. The summed E-state index contributed by atoms with van der Waals surface area (Å²) in [5.74, 6) is 0. The van der Waals surface area contributed by atoms with Crippen molar-refractivity contribution in [2.75, 3.05) is 18.0 Å². The topological polar surface area (TPSA) is 41.6 Å². The van der Waals surface area contributed by atoms with Crippen LogP contribution in [0.3, 0.4) is 0 Å². The third-order valence-electron chi connectivity index (χ3n) is 4.01. The number of hydrogen-bond donors (Lipinski definition) is 1. The van der Waals surface area contributed by atoms with Crippen LogP contribution in [-0.4, -0.2) is 31.3 Å². The van der Waals surface area contributed by atoms with Crippen LogP contribution in [0.2, 0.25) is 0 Å². The number of carbonyl (C=O) groups is 1. The van der Waals surface area contributed by atoms with Gasteiger partial charge in [-0.3, -0.25) is 4.90 Å². The molecule has 1 aromatic rings. The average Bonchev–Trinajstić information content (AvgIpc) is 2.69. The average molecular weight is 246 g/mol. The molecule has 2 saturated heterocycles. The van der Waals surface area contributed by atoms with E-state index in [0.717, 1.165) is 30.8 Å².